The lowest BCUT2D eigenvalue weighted by molar-refractivity contribution is -0.124. The molecule has 676 valence electrons. The summed E-state index contributed by atoms with van der Waals surface area (Å²) in [5, 5.41) is 8.21. The zero-order valence-electron chi connectivity index (χ0n) is 72.2. The molecule has 3 aliphatic carbocycles. The van der Waals surface area contributed by atoms with Gasteiger partial charge in [0.1, 0.15) is 17.7 Å². The summed E-state index contributed by atoms with van der Waals surface area (Å²) >= 11 is 9.96. The Balaban J connectivity index is 0.000000151. The molecule has 21 heteroatoms. The van der Waals surface area contributed by atoms with Gasteiger partial charge in [0, 0.05) is 98.6 Å². The number of amides is 3. The van der Waals surface area contributed by atoms with E-state index in [9.17, 15) is 33.6 Å². The Labute approximate surface area is 789 Å². The maximum atomic E-state index is 13.7. The monoisotopic (exact) mass is 1850 g/mol. The minimum absolute atomic E-state index is 0. The van der Waals surface area contributed by atoms with Gasteiger partial charge in [0.05, 0.1) is 97.0 Å². The van der Waals surface area contributed by atoms with Gasteiger partial charge in [-0.25, -0.2) is 0 Å². The second-order valence-electron chi connectivity index (χ2n) is 33.7. The Kier molecular flexibility index (Phi) is 30.5. The first-order valence-electron chi connectivity index (χ1n) is 41.9. The fourth-order valence-corrected chi connectivity index (χ4v) is 23.3. The number of Topliss-reactive ketones (excluding diaryl/α,β-unsaturated/α-hetero) is 1. The number of hydrogen-bond donors (Lipinski definition) is 1. The van der Waals surface area contributed by atoms with E-state index in [2.05, 4.69) is 213 Å². The number of hydrogen-bond acceptors (Lipinski definition) is 16. The number of para-hydroxylation sites is 1. The molecule has 1 fully saturated rings. The summed E-state index contributed by atoms with van der Waals surface area (Å²) in [6, 6.07) is 60.8. The van der Waals surface area contributed by atoms with Crippen LogP contribution in [-0.4, -0.2) is 79.5 Å². The van der Waals surface area contributed by atoms with Crippen molar-refractivity contribution in [1.29, 1.82) is 0 Å². The van der Waals surface area contributed by atoms with E-state index in [0.717, 1.165) is 65.5 Å². The summed E-state index contributed by atoms with van der Waals surface area (Å²) < 4.78 is 21.4. The third kappa shape index (κ3) is 18.7. The molecule has 1 N–H and O–H groups in total. The third-order valence-electron chi connectivity index (χ3n) is 22.8. The average molecular weight is 1850 g/mol. The molecule has 15 nitrogen and oxygen atoms in total. The predicted octanol–water partition coefficient (Wildman–Crippen LogP) is 29.5. The number of ketones is 4. The largest absolute Gasteiger partial charge is 0.457 e. The van der Waals surface area contributed by atoms with Crippen LogP contribution < -0.4 is 5.32 Å². The smallest absolute Gasteiger partial charge is 0.261 e. The Hall–Kier alpha value is -11.5. The summed E-state index contributed by atoms with van der Waals surface area (Å²) in [6.45, 7) is 34.8. The SMILES string of the molecule is C.C.C.C.C.C.Cc1cc2c(o1)C(=O)c1cc(C)oc1C2=O.Cc1cc2c(s1)-c1sc(C)cc1C2=O.Cc1ccc(C2=C3C(=O)N(CC(C)C)C(c4ccc(C)s4)=C3C(=O)N2CC(C)C)s1.Cc1ccc(C2=C3C(=O)NC(c4ccc(C)s4)=C3C(=O)C2)s1.Cc1ccc2c3ccc(C)cc3n(-c3ccccc3)c2c1.Cc1ccc2c3ccc(C)cc3n(C3CCCCO3)c2c1. The molecular formula is C109H119N5O10S6. The topological polar surface area (TPSA) is 183 Å². The second-order valence-corrected chi connectivity index (χ2v) is 41.4. The lowest BCUT2D eigenvalue weighted by Gasteiger charge is -2.26. The van der Waals surface area contributed by atoms with Crippen LogP contribution in [-0.2, 0) is 23.9 Å². The van der Waals surface area contributed by atoms with Crippen LogP contribution in [0.1, 0.15) is 235 Å². The number of rotatable bonds is 10. The van der Waals surface area contributed by atoms with Crippen molar-refractivity contribution in [3.8, 4) is 15.4 Å². The molecule has 0 radical (unpaired) electrons. The number of carbonyl (C=O) groups excluding carboxylic acids is 7. The summed E-state index contributed by atoms with van der Waals surface area (Å²) in [7, 11) is 0. The van der Waals surface area contributed by atoms with E-state index in [-0.39, 0.29) is 103 Å². The number of aromatic nitrogens is 2. The first-order valence-corrected chi connectivity index (χ1v) is 46.8. The Bertz CT molecular complexity index is 6630. The van der Waals surface area contributed by atoms with Crippen LogP contribution in [0.25, 0.3) is 81.7 Å². The highest BCUT2D eigenvalue weighted by Crippen LogP contribution is 2.51. The van der Waals surface area contributed by atoms with E-state index in [1.54, 1.807) is 94.0 Å². The lowest BCUT2D eigenvalue weighted by Crippen LogP contribution is -2.33. The number of furan rings is 2. The van der Waals surface area contributed by atoms with Gasteiger partial charge in [-0.1, -0.05) is 139 Å². The van der Waals surface area contributed by atoms with Crippen molar-refractivity contribution in [1.82, 2.24) is 24.3 Å². The van der Waals surface area contributed by atoms with E-state index in [1.165, 1.54) is 119 Å². The predicted molar refractivity (Wildman–Crippen MR) is 547 cm³/mol. The first-order chi connectivity index (χ1) is 59.4. The van der Waals surface area contributed by atoms with Gasteiger partial charge in [-0.05, 0) is 251 Å². The minimum Gasteiger partial charge on any atom is -0.457 e. The number of allylic oxidation sites excluding steroid dienone is 1. The van der Waals surface area contributed by atoms with Gasteiger partial charge >= 0.3 is 0 Å². The maximum absolute atomic E-state index is 13.7. The van der Waals surface area contributed by atoms with Gasteiger partial charge in [-0.15, -0.1) is 68.0 Å². The normalized spacial score (nSPS) is 15.0. The summed E-state index contributed by atoms with van der Waals surface area (Å²) in [6.07, 6.45) is 4.06. The highest BCUT2D eigenvalue weighted by Gasteiger charge is 2.50. The first kappa shape index (κ1) is 99.1. The van der Waals surface area contributed by atoms with Crippen molar-refractivity contribution in [2.24, 2.45) is 11.8 Å². The van der Waals surface area contributed by atoms with Gasteiger partial charge in [0.25, 0.3) is 17.7 Å². The number of aryl methyl sites for hydroxylation is 12. The molecule has 10 aromatic heterocycles. The van der Waals surface area contributed by atoms with Crippen LogP contribution >= 0.6 is 68.0 Å². The van der Waals surface area contributed by atoms with Crippen LogP contribution in [0.4, 0.5) is 0 Å². The van der Waals surface area contributed by atoms with E-state index in [0.29, 0.717) is 82.0 Å². The summed E-state index contributed by atoms with van der Waals surface area (Å²) in [5.41, 5.74) is 19.5. The van der Waals surface area contributed by atoms with E-state index < -0.39 is 0 Å². The fraction of sp³-hybridized carbons (Fsp3) is 0.294. The number of carbonyl (C=O) groups is 7. The van der Waals surface area contributed by atoms with Crippen LogP contribution in [0.3, 0.4) is 0 Å². The molecule has 5 aromatic carbocycles. The quantitative estimate of drug-likeness (QED) is 0.138. The van der Waals surface area contributed by atoms with E-state index in [1.807, 2.05) is 72.2 Å². The number of benzene rings is 5. The minimum atomic E-state index is -0.283. The van der Waals surface area contributed by atoms with Crippen molar-refractivity contribution >= 4 is 175 Å². The van der Waals surface area contributed by atoms with Crippen molar-refractivity contribution in [3.63, 3.8) is 0 Å². The molecule has 3 amide bonds. The number of nitrogens with one attached hydrogen (secondary N) is 1. The molecule has 14 heterocycles. The number of fused-ring (bicyclic) bond motifs is 13. The van der Waals surface area contributed by atoms with Crippen LogP contribution in [0, 0.1) is 94.9 Å². The summed E-state index contributed by atoms with van der Waals surface area (Å²) in [4.78, 5) is 105. The summed E-state index contributed by atoms with van der Waals surface area (Å²) in [5.74, 6) is 1.40. The molecule has 0 saturated carbocycles. The van der Waals surface area contributed by atoms with Gasteiger partial charge in [0.2, 0.25) is 11.6 Å². The molecule has 1 saturated heterocycles. The zero-order valence-corrected chi connectivity index (χ0v) is 77.1. The fourth-order valence-electron chi connectivity index (χ4n) is 17.4. The third-order valence-corrected chi connectivity index (χ3v) is 29.2. The van der Waals surface area contributed by atoms with Crippen molar-refractivity contribution in [2.45, 2.75) is 187 Å². The van der Waals surface area contributed by atoms with Gasteiger partial charge in [-0.2, -0.15) is 0 Å². The number of thiophene rings is 6. The molecule has 7 aliphatic rings. The van der Waals surface area contributed by atoms with Crippen LogP contribution in [0.5, 0.6) is 0 Å². The molecular weight excluding hydrogens is 1730 g/mol. The molecule has 1 unspecified atom stereocenters. The maximum Gasteiger partial charge on any atom is 0.261 e. The molecule has 1 atom stereocenters. The number of ether oxygens (including phenoxy) is 1. The Morgan fingerprint density at radius 3 is 1.18 bits per heavy atom. The van der Waals surface area contributed by atoms with Gasteiger partial charge in [0.15, 0.2) is 23.1 Å². The Morgan fingerprint density at radius 2 is 0.792 bits per heavy atom. The molecule has 22 rings (SSSR count). The van der Waals surface area contributed by atoms with Crippen LogP contribution in [0.2, 0.25) is 0 Å². The van der Waals surface area contributed by atoms with E-state index in [4.69, 9.17) is 13.6 Å². The number of nitrogens with zero attached hydrogens (tertiary/aromatic N) is 4. The second kappa shape index (κ2) is 40.0. The van der Waals surface area contributed by atoms with Crippen LogP contribution in [0.15, 0.2) is 207 Å². The van der Waals surface area contributed by atoms with E-state index >= 15 is 0 Å². The van der Waals surface area contributed by atoms with Crippen molar-refractivity contribution in [2.75, 3.05) is 19.7 Å². The standard InChI is InChI=1S/C24H28N2O2S2.C20H17N.C19H21NO.C17H13NO2S2.C12H8O4.C11H8OS2.6CH4/c1-13(2)11-25-21(17-9-7-15(5)29-17)19-20(23(25)27)22(18-10-8-16(6)30-18)26(24(19)28)12-14(3)4;1-14-8-10-17-18-11-9-15(2)13-20(18)21(19(17)12-14)16-6-4-3-5-7-16;1-13-6-8-15-16-9-7-14(2)12-18(16)20(17(15)11-13)19-5-3-4-10-21-19;1-8-3-5-12(21-8)10-7-11(19)15-14(10)17(20)18-16(15)13-6-4-9(2)22-13;1-5-3-7-9(13)12-8(4-6(2)16-12)10(14)11(7)15-5;1-5-3-7-9(12)8-4-6(2)14-11(8)10(7)13-5;;;;;;/h7-10,13-14H,11-12H2,1-6H3;3-13H,1-2H3;6-9,11-12,19H,3-5,10H2,1-2H3;3-6H,7H2,1-2H3,(H,18,20);3-4H,1-2H3;3-4H,1-2H3;6*1H4. The zero-order chi connectivity index (χ0) is 87.3. The molecule has 4 aliphatic heterocycles. The molecule has 0 bridgehead atoms. The van der Waals surface area contributed by atoms with Crippen molar-refractivity contribution < 1.29 is 47.1 Å². The highest BCUT2D eigenvalue weighted by molar-refractivity contribution is 7.23. The highest BCUT2D eigenvalue weighted by atomic mass is 32.1. The average Bonchev–Trinajstić information content (AvgIpc) is 1.55. The lowest BCUT2D eigenvalue weighted by atomic mass is 9.94. The van der Waals surface area contributed by atoms with Crippen molar-refractivity contribution in [3.05, 3.63) is 315 Å². The van der Waals surface area contributed by atoms with Gasteiger partial charge < -0.3 is 37.8 Å². The molecule has 0 spiro atoms. The van der Waals surface area contributed by atoms with Gasteiger partial charge in [-0.3, -0.25) is 33.6 Å². The molecule has 130 heavy (non-hydrogen) atoms. The molecule has 15 aromatic rings. The Morgan fingerprint density at radius 1 is 0.392 bits per heavy atom.